The fourth-order valence-corrected chi connectivity index (χ4v) is 2.66. The van der Waals surface area contributed by atoms with Crippen molar-refractivity contribution in [3.63, 3.8) is 0 Å². The van der Waals surface area contributed by atoms with Crippen LogP contribution in [0.2, 0.25) is 0 Å². The normalized spacial score (nSPS) is 15.7. The quantitative estimate of drug-likeness (QED) is 0.820. The minimum atomic E-state index is -0.0177. The van der Waals surface area contributed by atoms with Crippen molar-refractivity contribution in [1.29, 1.82) is 0 Å². The topological polar surface area (TPSA) is 44.4 Å². The van der Waals surface area contributed by atoms with Crippen LogP contribution in [0.15, 0.2) is 66.2 Å². The zero-order chi connectivity index (χ0) is 15.2. The van der Waals surface area contributed by atoms with Gasteiger partial charge in [0.1, 0.15) is 0 Å². The third kappa shape index (κ3) is 3.58. The summed E-state index contributed by atoms with van der Waals surface area (Å²) in [6.45, 7) is 1.36. The number of hydrogen-bond acceptors (Lipinski definition) is 2. The van der Waals surface area contributed by atoms with Gasteiger partial charge in [0.15, 0.2) is 0 Å². The summed E-state index contributed by atoms with van der Waals surface area (Å²) in [6, 6.07) is 10.4. The number of benzene rings is 1. The number of dihydropyridines is 1. The molecule has 3 rings (SSSR count). The molecule has 1 aromatic carbocycles. The molecule has 0 unspecified atom stereocenters. The van der Waals surface area contributed by atoms with E-state index in [-0.39, 0.29) is 6.03 Å². The maximum atomic E-state index is 12.1. The minimum Gasteiger partial charge on any atom is -0.367 e. The molecule has 22 heavy (non-hydrogen) atoms. The average Bonchev–Trinajstić information content (AvgIpc) is 2.99. The minimum absolute atomic E-state index is 0.0177. The molecule has 0 bridgehead atoms. The predicted octanol–water partition coefficient (Wildman–Crippen LogP) is 2.92. The van der Waals surface area contributed by atoms with Crippen molar-refractivity contribution in [2.75, 3.05) is 13.1 Å². The summed E-state index contributed by atoms with van der Waals surface area (Å²) in [7, 11) is 0. The molecule has 2 N–H and O–H groups in total. The number of unbranched alkanes of at least 4 members (excludes halogenated alkanes) is 1. The molecule has 0 spiro atoms. The van der Waals surface area contributed by atoms with Crippen LogP contribution in [0.25, 0.3) is 0 Å². The predicted molar refractivity (Wildman–Crippen MR) is 87.9 cm³/mol. The van der Waals surface area contributed by atoms with Crippen LogP contribution in [0.3, 0.4) is 0 Å². The largest absolute Gasteiger partial charge is 0.367 e. The van der Waals surface area contributed by atoms with Gasteiger partial charge in [-0.25, -0.2) is 4.79 Å². The fraction of sp³-hybridized carbons (Fsp3) is 0.278. The van der Waals surface area contributed by atoms with Gasteiger partial charge in [-0.05, 0) is 42.0 Å². The summed E-state index contributed by atoms with van der Waals surface area (Å²) < 4.78 is 0. The molecule has 114 valence electrons. The number of allylic oxidation sites excluding steroid dienone is 1. The van der Waals surface area contributed by atoms with E-state index in [2.05, 4.69) is 34.9 Å². The van der Waals surface area contributed by atoms with Crippen molar-refractivity contribution in [3.05, 3.63) is 71.7 Å². The number of amides is 2. The molecule has 0 aliphatic carbocycles. The Morgan fingerprint density at radius 1 is 1.23 bits per heavy atom. The van der Waals surface area contributed by atoms with Crippen molar-refractivity contribution in [2.24, 2.45) is 0 Å². The summed E-state index contributed by atoms with van der Waals surface area (Å²) in [4.78, 5) is 13.9. The van der Waals surface area contributed by atoms with Gasteiger partial charge in [0.25, 0.3) is 0 Å². The Labute approximate surface area is 131 Å². The van der Waals surface area contributed by atoms with E-state index >= 15 is 0 Å². The zero-order valence-electron chi connectivity index (χ0n) is 12.6. The van der Waals surface area contributed by atoms with Crippen LogP contribution >= 0.6 is 0 Å². The molecule has 0 radical (unpaired) electrons. The van der Waals surface area contributed by atoms with Gasteiger partial charge >= 0.3 is 6.03 Å². The Kier molecular flexibility index (Phi) is 4.59. The Morgan fingerprint density at radius 2 is 2.09 bits per heavy atom. The van der Waals surface area contributed by atoms with Crippen molar-refractivity contribution in [3.8, 4) is 0 Å². The lowest BCUT2D eigenvalue weighted by atomic mass is 10.1. The summed E-state index contributed by atoms with van der Waals surface area (Å²) in [5, 5.41) is 6.04. The first-order valence-electron chi connectivity index (χ1n) is 7.75. The van der Waals surface area contributed by atoms with Gasteiger partial charge in [0, 0.05) is 25.1 Å². The fourth-order valence-electron chi connectivity index (χ4n) is 2.66. The van der Waals surface area contributed by atoms with E-state index in [0.717, 1.165) is 37.0 Å². The van der Waals surface area contributed by atoms with E-state index in [0.29, 0.717) is 6.54 Å². The molecule has 1 aromatic rings. The van der Waals surface area contributed by atoms with Crippen LogP contribution in [0, 0.1) is 0 Å². The van der Waals surface area contributed by atoms with Gasteiger partial charge in [-0.15, -0.1) is 0 Å². The smallest absolute Gasteiger partial charge is 0.321 e. The number of carbonyl (C=O) groups excluding carboxylic acids is 1. The van der Waals surface area contributed by atoms with Crippen LogP contribution in [0.5, 0.6) is 0 Å². The number of carbonyl (C=O) groups is 1. The second-order valence-corrected chi connectivity index (χ2v) is 5.56. The highest BCUT2D eigenvalue weighted by atomic mass is 16.2. The SMILES string of the molecule is O=C(NCCCCc1ccccc1)N1C=C2C=CNC=C2C1. The van der Waals surface area contributed by atoms with Gasteiger partial charge in [-0.3, -0.25) is 4.90 Å². The van der Waals surface area contributed by atoms with E-state index in [1.807, 2.05) is 30.7 Å². The zero-order valence-corrected chi connectivity index (χ0v) is 12.6. The van der Waals surface area contributed by atoms with Crippen molar-refractivity contribution in [1.82, 2.24) is 15.5 Å². The van der Waals surface area contributed by atoms with Crippen LogP contribution in [0.1, 0.15) is 18.4 Å². The number of urea groups is 1. The first-order chi connectivity index (χ1) is 10.8. The Morgan fingerprint density at radius 3 is 2.91 bits per heavy atom. The second-order valence-electron chi connectivity index (χ2n) is 5.56. The maximum Gasteiger partial charge on any atom is 0.321 e. The Hall–Kier alpha value is -2.49. The van der Waals surface area contributed by atoms with E-state index in [9.17, 15) is 4.79 Å². The highest BCUT2D eigenvalue weighted by Gasteiger charge is 2.22. The first-order valence-corrected chi connectivity index (χ1v) is 7.75. The Balaban J connectivity index is 1.37. The maximum absolute atomic E-state index is 12.1. The van der Waals surface area contributed by atoms with Crippen LogP contribution in [0.4, 0.5) is 4.79 Å². The lowest BCUT2D eigenvalue weighted by molar-refractivity contribution is 0.219. The van der Waals surface area contributed by atoms with Crippen molar-refractivity contribution in [2.45, 2.75) is 19.3 Å². The summed E-state index contributed by atoms with van der Waals surface area (Å²) >= 11 is 0. The lowest BCUT2D eigenvalue weighted by Crippen LogP contribution is -2.36. The molecule has 0 aromatic heterocycles. The van der Waals surface area contributed by atoms with E-state index in [4.69, 9.17) is 0 Å². The number of fused-ring (bicyclic) bond motifs is 1. The molecule has 2 aliphatic heterocycles. The highest BCUT2D eigenvalue weighted by molar-refractivity contribution is 5.77. The third-order valence-electron chi connectivity index (χ3n) is 3.90. The van der Waals surface area contributed by atoms with Gasteiger partial charge in [-0.1, -0.05) is 30.3 Å². The first kappa shape index (κ1) is 14.4. The summed E-state index contributed by atoms with van der Waals surface area (Å²) in [5.41, 5.74) is 3.62. The molecule has 4 heteroatoms. The van der Waals surface area contributed by atoms with Crippen molar-refractivity contribution >= 4 is 6.03 Å². The number of hydrogen-bond donors (Lipinski definition) is 2. The molecule has 0 saturated heterocycles. The third-order valence-corrected chi connectivity index (χ3v) is 3.90. The van der Waals surface area contributed by atoms with E-state index < -0.39 is 0 Å². The molecule has 0 saturated carbocycles. The summed E-state index contributed by atoms with van der Waals surface area (Å²) in [5.74, 6) is 0. The van der Waals surface area contributed by atoms with Gasteiger partial charge in [-0.2, -0.15) is 0 Å². The van der Waals surface area contributed by atoms with Gasteiger partial charge < -0.3 is 10.6 Å². The number of nitrogens with zero attached hydrogens (tertiary/aromatic N) is 1. The van der Waals surface area contributed by atoms with E-state index in [1.54, 1.807) is 4.90 Å². The molecule has 4 nitrogen and oxygen atoms in total. The monoisotopic (exact) mass is 295 g/mol. The molecule has 2 aliphatic rings. The van der Waals surface area contributed by atoms with Crippen LogP contribution in [-0.2, 0) is 6.42 Å². The van der Waals surface area contributed by atoms with Crippen LogP contribution in [-0.4, -0.2) is 24.0 Å². The number of rotatable bonds is 5. The Bertz CT molecular complexity index is 616. The summed E-state index contributed by atoms with van der Waals surface area (Å²) in [6.07, 6.45) is 10.9. The van der Waals surface area contributed by atoms with E-state index in [1.165, 1.54) is 5.56 Å². The molecular formula is C18H21N3O. The molecule has 0 atom stereocenters. The number of nitrogens with one attached hydrogen (secondary N) is 2. The standard InChI is InChI=1S/C18H21N3O/c22-18(21-13-16-9-11-19-12-17(16)14-21)20-10-5-4-8-15-6-2-1-3-7-15/h1-3,6-7,9,11-13,19H,4-5,8,10,14H2,(H,20,22). The lowest BCUT2D eigenvalue weighted by Gasteiger charge is -2.14. The molecular weight excluding hydrogens is 274 g/mol. The average molecular weight is 295 g/mol. The van der Waals surface area contributed by atoms with Gasteiger partial charge in [0.05, 0.1) is 6.54 Å². The van der Waals surface area contributed by atoms with Crippen LogP contribution < -0.4 is 10.6 Å². The molecule has 0 fully saturated rings. The molecule has 2 heterocycles. The highest BCUT2D eigenvalue weighted by Crippen LogP contribution is 2.23. The van der Waals surface area contributed by atoms with Gasteiger partial charge in [0.2, 0.25) is 0 Å². The number of aryl methyl sites for hydroxylation is 1. The second kappa shape index (κ2) is 6.98. The molecule has 2 amide bonds. The van der Waals surface area contributed by atoms with Crippen molar-refractivity contribution < 1.29 is 4.79 Å².